The zero-order valence-corrected chi connectivity index (χ0v) is 18.5. The molecular weight excluding hydrogens is 459 g/mol. The first-order chi connectivity index (χ1) is 14.8. The van der Waals surface area contributed by atoms with E-state index in [-0.39, 0.29) is 21.5 Å². The molecule has 0 fully saturated rings. The van der Waals surface area contributed by atoms with Crippen molar-refractivity contribution in [1.29, 1.82) is 0 Å². The second-order valence-corrected chi connectivity index (χ2v) is 8.86. The van der Waals surface area contributed by atoms with Crippen LogP contribution in [0.3, 0.4) is 0 Å². The summed E-state index contributed by atoms with van der Waals surface area (Å²) in [7, 11) is -3.87. The van der Waals surface area contributed by atoms with Crippen LogP contribution in [0.25, 0.3) is 0 Å². The summed E-state index contributed by atoms with van der Waals surface area (Å²) in [6, 6.07) is 16.8. The predicted molar refractivity (Wildman–Crippen MR) is 124 cm³/mol. The highest BCUT2D eigenvalue weighted by Crippen LogP contribution is 2.28. The van der Waals surface area contributed by atoms with Gasteiger partial charge in [0.1, 0.15) is 12.4 Å². The predicted octanol–water partition coefficient (Wildman–Crippen LogP) is 5.61. The normalized spacial score (nSPS) is 10.9. The van der Waals surface area contributed by atoms with Crippen LogP contribution in [0.4, 0.5) is 11.4 Å². The van der Waals surface area contributed by atoms with Gasteiger partial charge in [-0.3, -0.25) is 9.52 Å². The summed E-state index contributed by atoms with van der Waals surface area (Å²) in [4.78, 5) is 12.4. The zero-order valence-electron chi connectivity index (χ0n) is 16.1. The largest absolute Gasteiger partial charge is 0.490 e. The van der Waals surface area contributed by atoms with Gasteiger partial charge in [-0.25, -0.2) is 8.42 Å². The number of halogens is 2. The third kappa shape index (κ3) is 6.01. The molecule has 0 bridgehead atoms. The van der Waals surface area contributed by atoms with Gasteiger partial charge in [-0.2, -0.15) is 0 Å². The molecule has 0 aromatic heterocycles. The van der Waals surface area contributed by atoms with E-state index in [4.69, 9.17) is 27.9 Å². The summed E-state index contributed by atoms with van der Waals surface area (Å²) in [5, 5.41) is 3.29. The number of rotatable bonds is 8. The topological polar surface area (TPSA) is 84.5 Å². The second-order valence-electron chi connectivity index (χ2n) is 6.33. The third-order valence-corrected chi connectivity index (χ3v) is 6.01. The van der Waals surface area contributed by atoms with Crippen molar-refractivity contribution in [3.63, 3.8) is 0 Å². The molecule has 0 atom stereocenters. The monoisotopic (exact) mass is 476 g/mol. The number of carbonyl (C=O) groups excluding carboxylic acids is 1. The molecule has 0 aliphatic rings. The molecule has 2 N–H and O–H groups in total. The fraction of sp³-hybridized carbons (Fsp3) is 0.0455. The summed E-state index contributed by atoms with van der Waals surface area (Å²) in [5.41, 5.74) is 1.09. The van der Waals surface area contributed by atoms with Gasteiger partial charge in [-0.15, -0.1) is 0 Å². The Balaban J connectivity index is 1.67. The Morgan fingerprint density at radius 1 is 1.00 bits per heavy atom. The number of sulfonamides is 1. The Labute approximate surface area is 190 Å². The molecule has 0 aliphatic carbocycles. The van der Waals surface area contributed by atoms with Crippen molar-refractivity contribution in [2.75, 3.05) is 16.6 Å². The molecular formula is C22H18Cl2N2O4S. The molecule has 0 saturated heterocycles. The van der Waals surface area contributed by atoms with E-state index in [9.17, 15) is 13.2 Å². The maximum atomic E-state index is 12.6. The molecule has 31 heavy (non-hydrogen) atoms. The Kier molecular flexibility index (Phi) is 7.22. The maximum absolute atomic E-state index is 12.6. The first-order valence-corrected chi connectivity index (χ1v) is 11.3. The number of anilines is 2. The van der Waals surface area contributed by atoms with Crippen LogP contribution in [0.1, 0.15) is 10.4 Å². The molecule has 3 aromatic carbocycles. The number of amides is 1. The Hall–Kier alpha value is -3.00. The Morgan fingerprint density at radius 2 is 1.68 bits per heavy atom. The molecule has 0 heterocycles. The SMILES string of the molecule is C=CCOc1ccc(C(=O)Nc2ccc(S(=O)(=O)Nc3ccc(Cl)cc3Cl)cc2)cc1. The zero-order chi connectivity index (χ0) is 22.4. The highest BCUT2D eigenvalue weighted by Gasteiger charge is 2.16. The lowest BCUT2D eigenvalue weighted by Gasteiger charge is -2.11. The van der Waals surface area contributed by atoms with E-state index in [1.165, 1.54) is 42.5 Å². The van der Waals surface area contributed by atoms with Crippen molar-refractivity contribution < 1.29 is 17.9 Å². The van der Waals surface area contributed by atoms with E-state index < -0.39 is 10.0 Å². The molecule has 3 rings (SSSR count). The first kappa shape index (κ1) is 22.7. The van der Waals surface area contributed by atoms with Crippen LogP contribution in [0.15, 0.2) is 84.3 Å². The number of benzene rings is 3. The van der Waals surface area contributed by atoms with Crippen molar-refractivity contribution in [2.24, 2.45) is 0 Å². The van der Waals surface area contributed by atoms with Gasteiger partial charge in [0.2, 0.25) is 0 Å². The van der Waals surface area contributed by atoms with Crippen LogP contribution >= 0.6 is 23.2 Å². The molecule has 3 aromatic rings. The Bertz CT molecular complexity index is 1200. The number of carbonyl (C=O) groups is 1. The number of hydrogen-bond donors (Lipinski definition) is 2. The molecule has 160 valence electrons. The number of hydrogen-bond acceptors (Lipinski definition) is 4. The van der Waals surface area contributed by atoms with Crippen molar-refractivity contribution in [1.82, 2.24) is 0 Å². The van der Waals surface area contributed by atoms with Crippen LogP contribution in [0.2, 0.25) is 10.0 Å². The van der Waals surface area contributed by atoms with Gasteiger partial charge < -0.3 is 10.1 Å². The van der Waals surface area contributed by atoms with Crippen LogP contribution in [0, 0.1) is 0 Å². The molecule has 6 nitrogen and oxygen atoms in total. The number of nitrogens with one attached hydrogen (secondary N) is 2. The molecule has 0 unspecified atom stereocenters. The van der Waals surface area contributed by atoms with Crippen LogP contribution in [-0.4, -0.2) is 20.9 Å². The summed E-state index contributed by atoms with van der Waals surface area (Å²) in [6.07, 6.45) is 1.63. The van der Waals surface area contributed by atoms with Crippen molar-refractivity contribution in [3.05, 3.63) is 95.0 Å². The minimum absolute atomic E-state index is 0.0141. The smallest absolute Gasteiger partial charge is 0.261 e. The fourth-order valence-electron chi connectivity index (χ4n) is 2.55. The summed E-state index contributed by atoms with van der Waals surface area (Å²) in [5.74, 6) is 0.288. The van der Waals surface area contributed by atoms with E-state index in [1.54, 1.807) is 30.3 Å². The van der Waals surface area contributed by atoms with Crippen molar-refractivity contribution >= 4 is 50.5 Å². The van der Waals surface area contributed by atoms with Crippen LogP contribution in [0.5, 0.6) is 5.75 Å². The molecule has 0 aliphatic heterocycles. The third-order valence-electron chi connectivity index (χ3n) is 4.08. The molecule has 0 spiro atoms. The lowest BCUT2D eigenvalue weighted by atomic mass is 10.2. The van der Waals surface area contributed by atoms with Gasteiger partial charge in [-0.05, 0) is 66.7 Å². The van der Waals surface area contributed by atoms with Crippen molar-refractivity contribution in [2.45, 2.75) is 4.90 Å². The molecule has 9 heteroatoms. The van der Waals surface area contributed by atoms with Crippen LogP contribution in [-0.2, 0) is 10.0 Å². The van der Waals surface area contributed by atoms with E-state index in [0.29, 0.717) is 28.6 Å². The van der Waals surface area contributed by atoms with Gasteiger partial charge in [0.05, 0.1) is 15.6 Å². The maximum Gasteiger partial charge on any atom is 0.261 e. The fourth-order valence-corrected chi connectivity index (χ4v) is 4.15. The lowest BCUT2D eigenvalue weighted by molar-refractivity contribution is 0.102. The van der Waals surface area contributed by atoms with Gasteiger partial charge in [0.25, 0.3) is 15.9 Å². The number of ether oxygens (including phenoxy) is 1. The average molecular weight is 477 g/mol. The van der Waals surface area contributed by atoms with Crippen LogP contribution < -0.4 is 14.8 Å². The van der Waals surface area contributed by atoms with E-state index >= 15 is 0 Å². The summed E-state index contributed by atoms with van der Waals surface area (Å²) in [6.45, 7) is 3.95. The molecule has 0 radical (unpaired) electrons. The summed E-state index contributed by atoms with van der Waals surface area (Å²) >= 11 is 11.9. The Morgan fingerprint density at radius 3 is 2.29 bits per heavy atom. The lowest BCUT2D eigenvalue weighted by Crippen LogP contribution is -2.14. The van der Waals surface area contributed by atoms with Gasteiger partial charge >= 0.3 is 0 Å². The van der Waals surface area contributed by atoms with Gasteiger partial charge in [-0.1, -0.05) is 35.9 Å². The van der Waals surface area contributed by atoms with E-state index in [0.717, 1.165) is 0 Å². The molecule has 0 saturated carbocycles. The van der Waals surface area contributed by atoms with E-state index in [2.05, 4.69) is 16.6 Å². The van der Waals surface area contributed by atoms with E-state index in [1.807, 2.05) is 0 Å². The quantitative estimate of drug-likeness (QED) is 0.413. The highest BCUT2D eigenvalue weighted by atomic mass is 35.5. The minimum Gasteiger partial charge on any atom is -0.490 e. The summed E-state index contributed by atoms with van der Waals surface area (Å²) < 4.78 is 33.0. The standard InChI is InChI=1S/C22H18Cl2N2O4S/c1-2-13-30-18-8-3-15(4-9-18)22(27)25-17-6-10-19(11-7-17)31(28,29)26-21-12-5-16(23)14-20(21)24/h2-12,14,26H,1,13H2,(H,25,27). The van der Waals surface area contributed by atoms with Gasteiger partial charge in [0.15, 0.2) is 0 Å². The highest BCUT2D eigenvalue weighted by molar-refractivity contribution is 7.92. The molecule has 1 amide bonds. The second kappa shape index (κ2) is 9.87. The first-order valence-electron chi connectivity index (χ1n) is 9.01. The van der Waals surface area contributed by atoms with Crippen molar-refractivity contribution in [3.8, 4) is 5.75 Å². The minimum atomic E-state index is -3.87. The average Bonchev–Trinajstić information content (AvgIpc) is 2.75. The van der Waals surface area contributed by atoms with Gasteiger partial charge in [0, 0.05) is 16.3 Å².